The van der Waals surface area contributed by atoms with Gasteiger partial charge in [0.2, 0.25) is 0 Å². The summed E-state index contributed by atoms with van der Waals surface area (Å²) in [5, 5.41) is 0. The minimum Gasteiger partial charge on any atom is -0.497 e. The molecule has 3 aromatic carbocycles. The second kappa shape index (κ2) is 11.4. The average molecular weight is 464 g/mol. The summed E-state index contributed by atoms with van der Waals surface area (Å²) in [7, 11) is 4.91. The van der Waals surface area contributed by atoms with E-state index in [1.54, 1.807) is 26.2 Å². The first-order chi connectivity index (χ1) is 16.5. The van der Waals surface area contributed by atoms with Crippen molar-refractivity contribution in [1.29, 1.82) is 0 Å². The van der Waals surface area contributed by atoms with Gasteiger partial charge in [0.05, 0.1) is 21.3 Å². The van der Waals surface area contributed by atoms with Crippen LogP contribution in [0.4, 0.5) is 4.79 Å². The first-order valence-corrected chi connectivity index (χ1v) is 11.3. The van der Waals surface area contributed by atoms with Crippen LogP contribution in [0.5, 0.6) is 17.2 Å². The van der Waals surface area contributed by atoms with Gasteiger partial charge >= 0.3 is 6.03 Å². The highest BCUT2D eigenvalue weighted by molar-refractivity contribution is 5.74. The number of nitrogens with one attached hydrogen (secondary N) is 2. The maximum absolute atomic E-state index is 12.9. The molecule has 0 spiro atoms. The minimum atomic E-state index is -0.909. The highest BCUT2D eigenvalue weighted by Gasteiger charge is 2.37. The number of hydrogen-bond acceptors (Lipinski definition) is 5. The second-order valence-electron chi connectivity index (χ2n) is 7.66. The number of hydrogen-bond donors (Lipinski definition) is 2. The number of rotatable bonds is 10. The van der Waals surface area contributed by atoms with E-state index in [9.17, 15) is 4.79 Å². The molecule has 2 N–H and O–H groups in total. The third-order valence-electron chi connectivity index (χ3n) is 5.98. The largest absolute Gasteiger partial charge is 0.497 e. The molecule has 3 aromatic rings. The summed E-state index contributed by atoms with van der Waals surface area (Å²) in [5.41, 5.74) is 8.18. The van der Waals surface area contributed by atoms with Gasteiger partial charge in [0.1, 0.15) is 22.8 Å². The summed E-state index contributed by atoms with van der Waals surface area (Å²) in [6.45, 7) is 5.11. The molecule has 0 aliphatic rings. The van der Waals surface area contributed by atoms with Gasteiger partial charge < -0.3 is 19.1 Å². The Balaban J connectivity index is 2.20. The van der Waals surface area contributed by atoms with Gasteiger partial charge in [0.25, 0.3) is 0 Å². The number of carbonyl (C=O) groups is 1. The zero-order valence-corrected chi connectivity index (χ0v) is 20.4. The second-order valence-corrected chi connectivity index (χ2v) is 7.66. The monoisotopic (exact) mass is 463 g/mol. The molecule has 0 fully saturated rings. The Morgan fingerprint density at radius 1 is 0.676 bits per heavy atom. The van der Waals surface area contributed by atoms with E-state index < -0.39 is 5.54 Å². The highest BCUT2D eigenvalue weighted by Crippen LogP contribution is 2.38. The van der Waals surface area contributed by atoms with Crippen LogP contribution in [0.1, 0.15) is 30.5 Å². The zero-order valence-electron chi connectivity index (χ0n) is 20.4. The molecule has 0 saturated carbocycles. The molecule has 0 aromatic heterocycles. The van der Waals surface area contributed by atoms with Crippen molar-refractivity contribution in [1.82, 2.24) is 15.8 Å². The molecular formula is C27H33N3O4. The van der Waals surface area contributed by atoms with E-state index in [-0.39, 0.29) is 6.03 Å². The van der Waals surface area contributed by atoms with Crippen molar-refractivity contribution in [2.45, 2.75) is 19.4 Å². The van der Waals surface area contributed by atoms with E-state index in [0.717, 1.165) is 33.9 Å². The quantitative estimate of drug-likeness (QED) is 0.341. The molecule has 34 heavy (non-hydrogen) atoms. The van der Waals surface area contributed by atoms with Crippen LogP contribution in [-0.4, -0.2) is 45.3 Å². The molecule has 0 radical (unpaired) electrons. The van der Waals surface area contributed by atoms with E-state index >= 15 is 0 Å². The van der Waals surface area contributed by atoms with Gasteiger partial charge in [-0.1, -0.05) is 36.4 Å². The first kappa shape index (κ1) is 24.9. The van der Waals surface area contributed by atoms with E-state index in [0.29, 0.717) is 13.1 Å². The topological polar surface area (TPSA) is 72.1 Å². The highest BCUT2D eigenvalue weighted by atomic mass is 16.5. The van der Waals surface area contributed by atoms with Crippen LogP contribution in [0.2, 0.25) is 0 Å². The Labute approximate surface area is 201 Å². The van der Waals surface area contributed by atoms with Crippen LogP contribution >= 0.6 is 0 Å². The number of ether oxygens (including phenoxy) is 3. The Kier molecular flexibility index (Phi) is 8.38. The van der Waals surface area contributed by atoms with Crippen LogP contribution in [0.15, 0.2) is 72.8 Å². The molecule has 0 atom stereocenters. The zero-order chi connectivity index (χ0) is 24.6. The lowest BCUT2D eigenvalue weighted by Gasteiger charge is -2.37. The maximum atomic E-state index is 12.9. The molecule has 7 nitrogen and oxygen atoms in total. The summed E-state index contributed by atoms with van der Waals surface area (Å²) in [6.07, 6.45) is 0. The number of hydrazine groups is 1. The lowest BCUT2D eigenvalue weighted by molar-refractivity contribution is 0.193. The van der Waals surface area contributed by atoms with E-state index in [2.05, 4.69) is 10.9 Å². The van der Waals surface area contributed by atoms with Crippen LogP contribution in [0.25, 0.3) is 0 Å². The van der Waals surface area contributed by atoms with Crippen LogP contribution in [0.3, 0.4) is 0 Å². The predicted molar refractivity (Wildman–Crippen MR) is 133 cm³/mol. The predicted octanol–water partition coefficient (Wildman–Crippen LogP) is 4.56. The number of urea groups is 1. The fraction of sp³-hybridized carbons (Fsp3) is 0.296. The number of benzene rings is 3. The Hall–Kier alpha value is -3.71. The van der Waals surface area contributed by atoms with Crippen molar-refractivity contribution in [2.24, 2.45) is 0 Å². The van der Waals surface area contributed by atoms with Crippen molar-refractivity contribution < 1.29 is 19.0 Å². The summed E-state index contributed by atoms with van der Waals surface area (Å²) in [4.78, 5) is 14.7. The van der Waals surface area contributed by atoms with Gasteiger partial charge in [-0.2, -0.15) is 0 Å². The number of carbonyl (C=O) groups excluding carboxylic acids is 1. The van der Waals surface area contributed by atoms with Crippen molar-refractivity contribution in [3.8, 4) is 17.2 Å². The van der Waals surface area contributed by atoms with Crippen molar-refractivity contribution >= 4 is 6.03 Å². The van der Waals surface area contributed by atoms with Gasteiger partial charge in [0, 0.05) is 13.1 Å². The van der Waals surface area contributed by atoms with Gasteiger partial charge in [0.15, 0.2) is 0 Å². The smallest absolute Gasteiger partial charge is 0.331 e. The molecule has 3 rings (SSSR count). The van der Waals surface area contributed by atoms with Crippen LogP contribution in [0, 0.1) is 0 Å². The maximum Gasteiger partial charge on any atom is 0.331 e. The van der Waals surface area contributed by atoms with E-state index in [1.807, 2.05) is 86.6 Å². The molecule has 2 amide bonds. The lowest BCUT2D eigenvalue weighted by Crippen LogP contribution is -2.56. The van der Waals surface area contributed by atoms with E-state index in [4.69, 9.17) is 14.2 Å². The molecule has 7 heteroatoms. The Bertz CT molecular complexity index is 931. The minimum absolute atomic E-state index is 0.204. The van der Waals surface area contributed by atoms with Crippen molar-refractivity contribution in [3.05, 3.63) is 89.5 Å². The summed E-state index contributed by atoms with van der Waals surface area (Å²) < 4.78 is 16.1. The fourth-order valence-electron chi connectivity index (χ4n) is 3.98. The number of amides is 2. The molecule has 0 bridgehead atoms. The van der Waals surface area contributed by atoms with Gasteiger partial charge in [-0.3, -0.25) is 5.43 Å². The normalized spacial score (nSPS) is 11.0. The molecule has 0 heterocycles. The first-order valence-electron chi connectivity index (χ1n) is 11.3. The summed E-state index contributed by atoms with van der Waals surface area (Å²) in [6, 6.07) is 23.2. The molecule has 180 valence electrons. The summed E-state index contributed by atoms with van der Waals surface area (Å²) >= 11 is 0. The summed E-state index contributed by atoms with van der Waals surface area (Å²) in [5.74, 6) is 2.23. The number of methoxy groups -OCH3 is 3. The molecule has 0 aliphatic heterocycles. The van der Waals surface area contributed by atoms with Crippen molar-refractivity contribution in [3.63, 3.8) is 0 Å². The molecule has 0 aliphatic carbocycles. The standard InChI is InChI=1S/C27H33N3O4/c1-6-30(7-2)26(31)28-29-27(20-8-14-23(32-3)15-9-20,21-10-16-24(33-4)17-11-21)22-12-18-25(34-5)19-13-22/h8-19,29H,6-7H2,1-5H3,(H,28,31). The third-order valence-corrected chi connectivity index (χ3v) is 5.98. The third kappa shape index (κ3) is 5.10. The average Bonchev–Trinajstić information content (AvgIpc) is 2.90. The number of nitrogens with zero attached hydrogens (tertiary/aromatic N) is 1. The molecular weight excluding hydrogens is 430 g/mol. The molecule has 0 saturated heterocycles. The lowest BCUT2D eigenvalue weighted by atomic mass is 9.77. The Morgan fingerprint density at radius 2 is 1.00 bits per heavy atom. The van der Waals surface area contributed by atoms with Gasteiger partial charge in [-0.15, -0.1) is 0 Å². The van der Waals surface area contributed by atoms with Crippen molar-refractivity contribution in [2.75, 3.05) is 34.4 Å². The van der Waals surface area contributed by atoms with Gasteiger partial charge in [-0.05, 0) is 66.9 Å². The SMILES string of the molecule is CCN(CC)C(=O)NNC(c1ccc(OC)cc1)(c1ccc(OC)cc1)c1ccc(OC)cc1. The fourth-order valence-corrected chi connectivity index (χ4v) is 3.98. The van der Waals surface area contributed by atoms with Gasteiger partial charge in [-0.25, -0.2) is 10.2 Å². The van der Waals surface area contributed by atoms with E-state index in [1.165, 1.54) is 0 Å². The van der Waals surface area contributed by atoms with Crippen LogP contribution < -0.4 is 25.1 Å². The Morgan fingerprint density at radius 3 is 1.26 bits per heavy atom. The molecule has 0 unspecified atom stereocenters. The van der Waals surface area contributed by atoms with Crippen LogP contribution in [-0.2, 0) is 5.54 Å².